The molecule has 0 amide bonds. The Hall–Kier alpha value is -1.97. The molecular formula is C30H47FN2O. The van der Waals surface area contributed by atoms with Crippen LogP contribution in [0, 0.1) is 5.92 Å². The fourth-order valence-corrected chi connectivity index (χ4v) is 4.30. The van der Waals surface area contributed by atoms with Crippen molar-refractivity contribution >= 4 is 0 Å². The summed E-state index contributed by atoms with van der Waals surface area (Å²) in [4.78, 5) is 8.89. The minimum absolute atomic E-state index is 0.363. The van der Waals surface area contributed by atoms with Gasteiger partial charge in [-0.15, -0.1) is 0 Å². The van der Waals surface area contributed by atoms with Crippen molar-refractivity contribution in [1.82, 2.24) is 9.97 Å². The number of halogens is 1. The minimum atomic E-state index is -0.798. The summed E-state index contributed by atoms with van der Waals surface area (Å²) in [5.41, 5.74) is 2.38. The molecule has 190 valence electrons. The van der Waals surface area contributed by atoms with E-state index in [-0.39, 0.29) is 0 Å². The zero-order chi connectivity index (χ0) is 24.4. The van der Waals surface area contributed by atoms with Crippen molar-refractivity contribution in [2.45, 2.75) is 117 Å². The Labute approximate surface area is 208 Å². The van der Waals surface area contributed by atoms with Crippen molar-refractivity contribution in [2.24, 2.45) is 5.92 Å². The molecule has 4 heteroatoms. The molecule has 0 aliphatic rings. The van der Waals surface area contributed by atoms with Gasteiger partial charge in [0.05, 0.1) is 19.0 Å². The van der Waals surface area contributed by atoms with Crippen LogP contribution in [0.25, 0.3) is 11.4 Å². The number of aromatic nitrogens is 2. The van der Waals surface area contributed by atoms with E-state index in [0.29, 0.717) is 36.9 Å². The number of hydrogen-bond donors (Lipinski definition) is 0. The Morgan fingerprint density at radius 2 is 1.41 bits per heavy atom. The van der Waals surface area contributed by atoms with Crippen LogP contribution in [-0.4, -0.2) is 22.7 Å². The van der Waals surface area contributed by atoms with Gasteiger partial charge in [0.1, 0.15) is 6.17 Å². The summed E-state index contributed by atoms with van der Waals surface area (Å²) in [7, 11) is 0. The maximum atomic E-state index is 14.2. The molecule has 0 saturated heterocycles. The third kappa shape index (κ3) is 11.9. The van der Waals surface area contributed by atoms with Crippen LogP contribution in [0.3, 0.4) is 0 Å². The Morgan fingerprint density at radius 1 is 0.765 bits per heavy atom. The summed E-state index contributed by atoms with van der Waals surface area (Å²) in [5.74, 6) is 2.00. The van der Waals surface area contributed by atoms with E-state index in [2.05, 4.69) is 55.0 Å². The van der Waals surface area contributed by atoms with Crippen LogP contribution in [-0.2, 0) is 6.42 Å². The molecule has 2 aromatic rings. The van der Waals surface area contributed by atoms with Gasteiger partial charge in [-0.1, -0.05) is 109 Å². The number of rotatable bonds is 19. The smallest absolute Gasteiger partial charge is 0.159 e. The lowest BCUT2D eigenvalue weighted by molar-refractivity contribution is 0.219. The van der Waals surface area contributed by atoms with Gasteiger partial charge >= 0.3 is 0 Å². The van der Waals surface area contributed by atoms with Crippen LogP contribution in [0.15, 0.2) is 36.7 Å². The maximum absolute atomic E-state index is 14.2. The van der Waals surface area contributed by atoms with Crippen LogP contribution >= 0.6 is 0 Å². The summed E-state index contributed by atoms with van der Waals surface area (Å²) >= 11 is 0. The van der Waals surface area contributed by atoms with Gasteiger partial charge in [0.25, 0.3) is 0 Å². The first-order valence-corrected chi connectivity index (χ1v) is 13.8. The lowest BCUT2D eigenvalue weighted by Gasteiger charge is -2.13. The van der Waals surface area contributed by atoms with Crippen LogP contribution < -0.4 is 4.74 Å². The molecule has 0 aliphatic carbocycles. The van der Waals surface area contributed by atoms with Crippen LogP contribution in [0.1, 0.15) is 110 Å². The highest BCUT2D eigenvalue weighted by Crippen LogP contribution is 2.20. The van der Waals surface area contributed by atoms with Gasteiger partial charge in [-0.25, -0.2) is 14.4 Å². The number of benzene rings is 1. The molecule has 2 unspecified atom stereocenters. The van der Waals surface area contributed by atoms with Crippen molar-refractivity contribution in [3.05, 3.63) is 42.2 Å². The molecule has 0 fully saturated rings. The predicted octanol–water partition coefficient (Wildman–Crippen LogP) is 9.15. The average molecular weight is 471 g/mol. The second-order valence-electron chi connectivity index (χ2n) is 9.87. The molecular weight excluding hydrogens is 423 g/mol. The van der Waals surface area contributed by atoms with E-state index in [4.69, 9.17) is 4.74 Å². The molecule has 1 heterocycles. The van der Waals surface area contributed by atoms with Crippen molar-refractivity contribution < 1.29 is 9.13 Å². The van der Waals surface area contributed by atoms with E-state index in [1.54, 1.807) is 12.4 Å². The fourth-order valence-electron chi connectivity index (χ4n) is 4.30. The normalized spacial score (nSPS) is 13.1. The van der Waals surface area contributed by atoms with Gasteiger partial charge in [-0.05, 0) is 30.7 Å². The number of unbranched alkanes of at least 4 members (excludes halogenated alkanes) is 6. The lowest BCUT2D eigenvalue weighted by Crippen LogP contribution is -2.08. The molecule has 0 bridgehead atoms. The highest BCUT2D eigenvalue weighted by molar-refractivity contribution is 5.55. The highest BCUT2D eigenvalue weighted by atomic mass is 19.1. The first-order valence-electron chi connectivity index (χ1n) is 13.8. The van der Waals surface area contributed by atoms with Crippen LogP contribution in [0.4, 0.5) is 4.39 Å². The number of aryl methyl sites for hydroxylation is 1. The van der Waals surface area contributed by atoms with Crippen LogP contribution in [0.2, 0.25) is 0 Å². The molecule has 1 aromatic carbocycles. The van der Waals surface area contributed by atoms with Crippen LogP contribution in [0.5, 0.6) is 5.75 Å². The largest absolute Gasteiger partial charge is 0.490 e. The van der Waals surface area contributed by atoms with Gasteiger partial charge in [0.2, 0.25) is 0 Å². The highest BCUT2D eigenvalue weighted by Gasteiger charge is 2.09. The molecule has 34 heavy (non-hydrogen) atoms. The zero-order valence-electron chi connectivity index (χ0n) is 21.9. The van der Waals surface area contributed by atoms with Gasteiger partial charge < -0.3 is 4.74 Å². The molecule has 2 atom stereocenters. The first-order chi connectivity index (χ1) is 16.6. The van der Waals surface area contributed by atoms with E-state index in [9.17, 15) is 4.39 Å². The molecule has 0 aliphatic heterocycles. The molecule has 3 nitrogen and oxygen atoms in total. The maximum Gasteiger partial charge on any atom is 0.159 e. The van der Waals surface area contributed by atoms with E-state index in [1.807, 2.05) is 0 Å². The number of nitrogens with zero attached hydrogens (tertiary/aromatic N) is 2. The third-order valence-electron chi connectivity index (χ3n) is 6.62. The standard InChI is InChI=1S/C30H47FN2O/c1-4-6-8-9-10-11-15-26-17-19-27(20-18-26)30-32-23-29(24-33-30)34-22-21-28(31)16-12-14-25(3)13-7-5-2/h17-20,23-25,28H,4-16,21-22H2,1-3H3. The summed E-state index contributed by atoms with van der Waals surface area (Å²) in [6, 6.07) is 8.56. The van der Waals surface area contributed by atoms with E-state index >= 15 is 0 Å². The summed E-state index contributed by atoms with van der Waals surface area (Å²) in [6.07, 6.45) is 18.6. The van der Waals surface area contributed by atoms with Crippen molar-refractivity contribution in [2.75, 3.05) is 6.61 Å². The summed E-state index contributed by atoms with van der Waals surface area (Å²) < 4.78 is 19.8. The fraction of sp³-hybridized carbons (Fsp3) is 0.667. The second-order valence-corrected chi connectivity index (χ2v) is 9.87. The molecule has 0 spiro atoms. The monoisotopic (exact) mass is 470 g/mol. The molecule has 0 saturated carbocycles. The van der Waals surface area contributed by atoms with E-state index < -0.39 is 6.17 Å². The predicted molar refractivity (Wildman–Crippen MR) is 142 cm³/mol. The molecule has 1 aromatic heterocycles. The summed E-state index contributed by atoms with van der Waals surface area (Å²) in [6.45, 7) is 7.12. The summed E-state index contributed by atoms with van der Waals surface area (Å²) in [5, 5.41) is 0. The Bertz CT molecular complexity index is 747. The van der Waals surface area contributed by atoms with Crippen molar-refractivity contribution in [3.63, 3.8) is 0 Å². The number of alkyl halides is 1. The van der Waals surface area contributed by atoms with Gasteiger partial charge in [-0.3, -0.25) is 0 Å². The molecule has 0 radical (unpaired) electrons. The zero-order valence-corrected chi connectivity index (χ0v) is 21.9. The number of ether oxygens (including phenoxy) is 1. The van der Waals surface area contributed by atoms with Gasteiger partial charge in [0.15, 0.2) is 11.6 Å². The quantitative estimate of drug-likeness (QED) is 0.192. The van der Waals surface area contributed by atoms with E-state index in [0.717, 1.165) is 24.8 Å². The topological polar surface area (TPSA) is 35.0 Å². The van der Waals surface area contributed by atoms with E-state index in [1.165, 1.54) is 63.4 Å². The first kappa shape index (κ1) is 28.3. The Morgan fingerprint density at radius 3 is 2.12 bits per heavy atom. The molecule has 0 N–H and O–H groups in total. The van der Waals surface area contributed by atoms with Gasteiger partial charge in [-0.2, -0.15) is 0 Å². The average Bonchev–Trinajstić information content (AvgIpc) is 2.86. The minimum Gasteiger partial charge on any atom is -0.490 e. The Balaban J connectivity index is 1.64. The molecule has 2 rings (SSSR count). The second kappa shape index (κ2) is 17.5. The Kier molecular flexibility index (Phi) is 14.5. The third-order valence-corrected chi connectivity index (χ3v) is 6.62. The van der Waals surface area contributed by atoms with Crippen molar-refractivity contribution in [1.29, 1.82) is 0 Å². The number of hydrogen-bond acceptors (Lipinski definition) is 3. The van der Waals surface area contributed by atoms with Gasteiger partial charge in [0, 0.05) is 12.0 Å². The SMILES string of the molecule is CCCCCCCCc1ccc(-c2ncc(OCCC(F)CCCC(C)CCCC)cn2)cc1. The lowest BCUT2D eigenvalue weighted by atomic mass is 9.97. The van der Waals surface area contributed by atoms with Crippen molar-refractivity contribution in [3.8, 4) is 17.1 Å².